The lowest BCUT2D eigenvalue weighted by Gasteiger charge is -2.19. The molecule has 0 saturated heterocycles. The lowest BCUT2D eigenvalue weighted by Crippen LogP contribution is -2.28. The molecule has 2 aromatic carbocycles. The predicted octanol–water partition coefficient (Wildman–Crippen LogP) is 3.74. The van der Waals surface area contributed by atoms with Crippen LogP contribution in [0.5, 0.6) is 5.75 Å². The maximum Gasteiger partial charge on any atom is 0.308 e. The number of fused-ring (bicyclic) bond motifs is 1. The highest BCUT2D eigenvalue weighted by Gasteiger charge is 2.16. The van der Waals surface area contributed by atoms with E-state index in [1.54, 1.807) is 16.7 Å². The number of rotatable bonds is 7. The van der Waals surface area contributed by atoms with Crippen LogP contribution >= 0.6 is 11.3 Å². The normalized spacial score (nSPS) is 12.4. The van der Waals surface area contributed by atoms with Crippen LogP contribution in [0, 0.1) is 0 Å². The summed E-state index contributed by atoms with van der Waals surface area (Å²) in [7, 11) is -3.68. The van der Waals surface area contributed by atoms with Crippen molar-refractivity contribution in [2.24, 2.45) is 0 Å². The highest BCUT2D eigenvalue weighted by molar-refractivity contribution is 7.89. The fourth-order valence-corrected chi connectivity index (χ4v) is 5.10. The summed E-state index contributed by atoms with van der Waals surface area (Å²) in [6.07, 6.45) is 0. The van der Waals surface area contributed by atoms with Gasteiger partial charge in [0.1, 0.15) is 12.4 Å². The summed E-state index contributed by atoms with van der Waals surface area (Å²) < 4.78 is 35.6. The second kappa shape index (κ2) is 8.30. The Balaban J connectivity index is 1.61. The van der Waals surface area contributed by atoms with Gasteiger partial charge < -0.3 is 4.74 Å². The number of nitrogens with one attached hydrogen (secondary N) is 1. The summed E-state index contributed by atoms with van der Waals surface area (Å²) in [5.74, 6) is 0.698. The molecule has 1 aromatic heterocycles. The first-order chi connectivity index (χ1) is 13.6. The van der Waals surface area contributed by atoms with Crippen molar-refractivity contribution in [3.8, 4) is 5.75 Å². The number of aromatic nitrogens is 1. The number of thiazole rings is 1. The number of ether oxygens (including phenoxy) is 1. The molecule has 0 aliphatic heterocycles. The number of benzene rings is 2. The number of hydrogen-bond donors (Lipinski definition) is 1. The first-order valence-electron chi connectivity index (χ1n) is 9.48. The molecule has 0 aliphatic rings. The molecule has 6 nitrogen and oxygen atoms in total. The fourth-order valence-electron chi connectivity index (χ4n) is 2.99. The van der Waals surface area contributed by atoms with Gasteiger partial charge in [0, 0.05) is 13.1 Å². The van der Waals surface area contributed by atoms with Crippen molar-refractivity contribution < 1.29 is 13.2 Å². The lowest BCUT2D eigenvalue weighted by atomic mass is 9.87. The second-order valence-electron chi connectivity index (χ2n) is 7.76. The van der Waals surface area contributed by atoms with Gasteiger partial charge in [-0.3, -0.25) is 9.36 Å². The van der Waals surface area contributed by atoms with Crippen LogP contribution in [0.1, 0.15) is 33.3 Å². The van der Waals surface area contributed by atoms with Crippen molar-refractivity contribution in [1.29, 1.82) is 0 Å². The average Bonchev–Trinajstić information content (AvgIpc) is 2.99. The summed E-state index contributed by atoms with van der Waals surface area (Å²) >= 11 is 1.05. The van der Waals surface area contributed by atoms with E-state index in [2.05, 4.69) is 25.5 Å². The number of aryl methyl sites for hydroxylation is 1. The van der Waals surface area contributed by atoms with Gasteiger partial charge in [0.05, 0.1) is 15.1 Å². The van der Waals surface area contributed by atoms with E-state index < -0.39 is 10.0 Å². The lowest BCUT2D eigenvalue weighted by molar-refractivity contribution is 0.322. The van der Waals surface area contributed by atoms with Crippen LogP contribution in [0.25, 0.3) is 10.2 Å². The molecule has 1 heterocycles. The summed E-state index contributed by atoms with van der Waals surface area (Å²) in [6, 6.07) is 12.6. The summed E-state index contributed by atoms with van der Waals surface area (Å²) in [5, 5.41) is 0. The topological polar surface area (TPSA) is 77.4 Å². The van der Waals surface area contributed by atoms with Gasteiger partial charge in [-0.15, -0.1) is 0 Å². The highest BCUT2D eigenvalue weighted by Crippen LogP contribution is 2.24. The predicted molar refractivity (Wildman–Crippen MR) is 118 cm³/mol. The van der Waals surface area contributed by atoms with Crippen LogP contribution in [0.3, 0.4) is 0 Å². The van der Waals surface area contributed by atoms with Crippen LogP contribution in [0.15, 0.2) is 52.2 Å². The molecule has 0 bridgehead atoms. The van der Waals surface area contributed by atoms with E-state index in [1.807, 2.05) is 31.2 Å². The molecule has 29 heavy (non-hydrogen) atoms. The Bertz CT molecular complexity index is 1150. The Morgan fingerprint density at radius 1 is 1.10 bits per heavy atom. The molecule has 0 aliphatic carbocycles. The molecule has 0 amide bonds. The minimum absolute atomic E-state index is 0.0705. The van der Waals surface area contributed by atoms with Gasteiger partial charge in [0.15, 0.2) is 0 Å². The van der Waals surface area contributed by atoms with E-state index in [-0.39, 0.29) is 28.3 Å². The van der Waals surface area contributed by atoms with E-state index in [0.29, 0.717) is 17.0 Å². The number of sulfonamides is 1. The number of nitrogens with zero attached hydrogens (tertiary/aromatic N) is 1. The fraction of sp³-hybridized carbons (Fsp3) is 0.381. The van der Waals surface area contributed by atoms with E-state index >= 15 is 0 Å². The van der Waals surface area contributed by atoms with Gasteiger partial charge in [-0.1, -0.05) is 44.2 Å². The third-order valence-electron chi connectivity index (χ3n) is 4.65. The van der Waals surface area contributed by atoms with Gasteiger partial charge in [-0.25, -0.2) is 13.1 Å². The van der Waals surface area contributed by atoms with Crippen LogP contribution in [0.4, 0.5) is 0 Å². The largest absolute Gasteiger partial charge is 0.492 e. The Morgan fingerprint density at radius 2 is 1.79 bits per heavy atom. The first kappa shape index (κ1) is 21.5. The molecule has 1 N–H and O–H groups in total. The van der Waals surface area contributed by atoms with Crippen LogP contribution in [0.2, 0.25) is 0 Å². The quantitative estimate of drug-likeness (QED) is 0.575. The van der Waals surface area contributed by atoms with E-state index in [4.69, 9.17) is 4.74 Å². The molecule has 0 fully saturated rings. The third-order valence-corrected chi connectivity index (χ3v) is 7.05. The molecular formula is C21H26N2O4S2. The molecule has 156 valence electrons. The first-order valence-corrected chi connectivity index (χ1v) is 11.8. The smallest absolute Gasteiger partial charge is 0.308 e. The van der Waals surface area contributed by atoms with Gasteiger partial charge in [0.2, 0.25) is 10.0 Å². The number of hydrogen-bond acceptors (Lipinski definition) is 5. The highest BCUT2D eigenvalue weighted by atomic mass is 32.2. The van der Waals surface area contributed by atoms with Crippen LogP contribution in [-0.4, -0.2) is 26.1 Å². The van der Waals surface area contributed by atoms with Crippen molar-refractivity contribution in [3.63, 3.8) is 0 Å². The molecule has 0 radical (unpaired) electrons. The molecule has 0 spiro atoms. The molecular weight excluding hydrogens is 408 g/mol. The van der Waals surface area contributed by atoms with Crippen LogP contribution in [-0.2, 0) is 22.0 Å². The maximum atomic E-state index is 12.6. The molecule has 8 heteroatoms. The minimum atomic E-state index is -3.68. The second-order valence-corrected chi connectivity index (χ2v) is 10.5. The summed E-state index contributed by atoms with van der Waals surface area (Å²) in [5.41, 5.74) is 2.03. The van der Waals surface area contributed by atoms with Gasteiger partial charge >= 0.3 is 4.87 Å². The maximum absolute atomic E-state index is 12.6. The zero-order valence-electron chi connectivity index (χ0n) is 17.1. The van der Waals surface area contributed by atoms with Crippen molar-refractivity contribution in [3.05, 3.63) is 57.7 Å². The summed E-state index contributed by atoms with van der Waals surface area (Å²) in [4.78, 5) is 12.0. The van der Waals surface area contributed by atoms with E-state index in [0.717, 1.165) is 16.9 Å². The van der Waals surface area contributed by atoms with Gasteiger partial charge in [-0.05, 0) is 48.2 Å². The van der Waals surface area contributed by atoms with Crippen molar-refractivity contribution in [1.82, 2.24) is 9.29 Å². The van der Waals surface area contributed by atoms with Gasteiger partial charge in [0.25, 0.3) is 0 Å². The zero-order chi connectivity index (χ0) is 21.2. The molecule has 3 rings (SSSR count). The molecule has 0 atom stereocenters. The van der Waals surface area contributed by atoms with Crippen LogP contribution < -0.4 is 14.3 Å². The Morgan fingerprint density at radius 3 is 2.41 bits per heavy atom. The average molecular weight is 435 g/mol. The Hall–Kier alpha value is -2.16. The molecule has 3 aromatic rings. The molecule has 0 saturated carbocycles. The molecule has 0 unspecified atom stereocenters. The zero-order valence-corrected chi connectivity index (χ0v) is 18.7. The van der Waals surface area contributed by atoms with Crippen molar-refractivity contribution in [2.75, 3.05) is 13.2 Å². The van der Waals surface area contributed by atoms with Gasteiger partial charge in [-0.2, -0.15) is 0 Å². The van der Waals surface area contributed by atoms with Crippen molar-refractivity contribution >= 4 is 31.6 Å². The summed E-state index contributed by atoms with van der Waals surface area (Å²) in [6.45, 7) is 9.23. The Kier molecular flexibility index (Phi) is 6.16. The standard InChI is InChI=1S/C21H26N2O4S2/c1-5-23-18-11-10-17(14-19(18)28-20(23)24)29(25,26)22-12-13-27-16-8-6-15(7-9-16)21(2,3)4/h6-11,14,22H,5,12-13H2,1-4H3. The van der Waals surface area contributed by atoms with Crippen molar-refractivity contribution in [2.45, 2.75) is 44.6 Å². The third kappa shape index (κ3) is 4.88. The minimum Gasteiger partial charge on any atom is -0.492 e. The van der Waals surface area contributed by atoms with E-state index in [9.17, 15) is 13.2 Å². The van der Waals surface area contributed by atoms with E-state index in [1.165, 1.54) is 11.6 Å². The Labute approximate surface area is 175 Å². The monoisotopic (exact) mass is 434 g/mol. The SMILES string of the molecule is CCn1c(=O)sc2cc(S(=O)(=O)NCCOc3ccc(C(C)(C)C)cc3)ccc21.